The maximum absolute atomic E-state index is 12.3. The molecule has 0 radical (unpaired) electrons. The molecule has 4 rings (SSSR count). The lowest BCUT2D eigenvalue weighted by atomic mass is 9.54. The topological polar surface area (TPSA) is 55.1 Å². The van der Waals surface area contributed by atoms with Gasteiger partial charge in [0.25, 0.3) is 0 Å². The molecule has 1 atom stereocenters. The third-order valence-corrected chi connectivity index (χ3v) is 5.88. The normalized spacial score (nSPS) is 39.3. The van der Waals surface area contributed by atoms with E-state index in [2.05, 4.69) is 26.1 Å². The van der Waals surface area contributed by atoms with E-state index in [4.69, 9.17) is 5.73 Å². The molecule has 4 aliphatic carbocycles. The Labute approximate surface area is 129 Å². The summed E-state index contributed by atoms with van der Waals surface area (Å²) in [6, 6.07) is 0.439. The van der Waals surface area contributed by atoms with E-state index < -0.39 is 0 Å². The second-order valence-electron chi connectivity index (χ2n) is 9.25. The van der Waals surface area contributed by atoms with Crippen LogP contribution < -0.4 is 11.1 Å². The molecular formula is C18H32N2O. The molecule has 0 spiro atoms. The summed E-state index contributed by atoms with van der Waals surface area (Å²) in [6.45, 7) is 6.55. The van der Waals surface area contributed by atoms with Crippen molar-refractivity contribution in [2.45, 2.75) is 77.8 Å². The van der Waals surface area contributed by atoms with Gasteiger partial charge in [-0.05, 0) is 67.6 Å². The Morgan fingerprint density at radius 1 is 1.10 bits per heavy atom. The second kappa shape index (κ2) is 5.57. The minimum absolute atomic E-state index is 0.0122. The third kappa shape index (κ3) is 3.61. The van der Waals surface area contributed by atoms with E-state index in [9.17, 15) is 4.79 Å². The molecule has 0 aromatic carbocycles. The standard InChI is InChI=1S/C18H32N2O/c1-18(2,3)10-15(19)9-16(21)20-17-13-5-11-4-12(7-13)8-14(17)6-11/h11-15,17H,4-10,19H2,1-3H3,(H,20,21). The van der Waals surface area contributed by atoms with E-state index in [0.717, 1.165) is 30.1 Å². The molecule has 0 aromatic rings. The van der Waals surface area contributed by atoms with E-state index in [1.807, 2.05) is 0 Å². The van der Waals surface area contributed by atoms with Gasteiger partial charge in [-0.25, -0.2) is 0 Å². The van der Waals surface area contributed by atoms with Crippen LogP contribution in [0, 0.1) is 29.1 Å². The SMILES string of the molecule is CC(C)(C)CC(N)CC(=O)NC1C2CC3CC(C2)CC1C3. The Balaban J connectivity index is 1.51. The maximum Gasteiger partial charge on any atom is 0.221 e. The first-order chi connectivity index (χ1) is 9.80. The highest BCUT2D eigenvalue weighted by atomic mass is 16.1. The monoisotopic (exact) mass is 292 g/mol. The number of hydrogen-bond donors (Lipinski definition) is 2. The van der Waals surface area contributed by atoms with Crippen LogP contribution in [0.5, 0.6) is 0 Å². The highest BCUT2D eigenvalue weighted by molar-refractivity contribution is 5.77. The summed E-state index contributed by atoms with van der Waals surface area (Å²) in [6.07, 6.45) is 8.27. The predicted molar refractivity (Wildman–Crippen MR) is 85.6 cm³/mol. The molecule has 3 heteroatoms. The number of rotatable bonds is 4. The van der Waals surface area contributed by atoms with Gasteiger partial charge in [-0.15, -0.1) is 0 Å². The van der Waals surface area contributed by atoms with Crippen molar-refractivity contribution < 1.29 is 4.79 Å². The van der Waals surface area contributed by atoms with Crippen LogP contribution in [0.3, 0.4) is 0 Å². The van der Waals surface area contributed by atoms with E-state index in [1.165, 1.54) is 32.1 Å². The molecule has 0 aliphatic heterocycles. The molecule has 120 valence electrons. The van der Waals surface area contributed by atoms with Crippen LogP contribution in [-0.2, 0) is 4.79 Å². The summed E-state index contributed by atoms with van der Waals surface area (Å²) < 4.78 is 0. The Hall–Kier alpha value is -0.570. The van der Waals surface area contributed by atoms with Crippen LogP contribution >= 0.6 is 0 Å². The highest BCUT2D eigenvalue weighted by Gasteiger charge is 2.48. The lowest BCUT2D eigenvalue weighted by Gasteiger charge is -2.54. The first kappa shape index (κ1) is 15.3. The predicted octanol–water partition coefficient (Wildman–Crippen LogP) is 3.08. The summed E-state index contributed by atoms with van der Waals surface area (Å²) in [5.41, 5.74) is 6.35. The van der Waals surface area contributed by atoms with Gasteiger partial charge >= 0.3 is 0 Å². The molecule has 4 aliphatic rings. The molecule has 1 amide bonds. The molecule has 0 heterocycles. The van der Waals surface area contributed by atoms with Crippen molar-refractivity contribution in [3.8, 4) is 0 Å². The van der Waals surface area contributed by atoms with Crippen LogP contribution in [0.15, 0.2) is 0 Å². The zero-order valence-electron chi connectivity index (χ0n) is 13.9. The minimum atomic E-state index is -0.0122. The van der Waals surface area contributed by atoms with Crippen LogP contribution in [0.2, 0.25) is 0 Å². The van der Waals surface area contributed by atoms with Gasteiger partial charge in [0.2, 0.25) is 5.91 Å². The van der Waals surface area contributed by atoms with Crippen molar-refractivity contribution in [1.82, 2.24) is 5.32 Å². The van der Waals surface area contributed by atoms with Gasteiger partial charge in [-0.3, -0.25) is 4.79 Å². The van der Waals surface area contributed by atoms with E-state index in [0.29, 0.717) is 12.5 Å². The number of carbonyl (C=O) groups is 1. The minimum Gasteiger partial charge on any atom is -0.353 e. The number of nitrogens with two attached hydrogens (primary N) is 1. The molecule has 4 fully saturated rings. The van der Waals surface area contributed by atoms with Gasteiger partial charge in [0, 0.05) is 18.5 Å². The maximum atomic E-state index is 12.3. The largest absolute Gasteiger partial charge is 0.353 e. The number of carbonyl (C=O) groups excluding carboxylic acids is 1. The average molecular weight is 292 g/mol. The van der Waals surface area contributed by atoms with Gasteiger partial charge in [0.1, 0.15) is 0 Å². The van der Waals surface area contributed by atoms with Gasteiger partial charge < -0.3 is 11.1 Å². The number of hydrogen-bond acceptors (Lipinski definition) is 2. The molecule has 4 saturated carbocycles. The highest BCUT2D eigenvalue weighted by Crippen LogP contribution is 2.53. The van der Waals surface area contributed by atoms with Gasteiger partial charge in [-0.2, -0.15) is 0 Å². The van der Waals surface area contributed by atoms with Crippen LogP contribution in [0.25, 0.3) is 0 Å². The number of nitrogens with one attached hydrogen (secondary N) is 1. The fourth-order valence-electron chi connectivity index (χ4n) is 5.50. The quantitative estimate of drug-likeness (QED) is 0.836. The summed E-state index contributed by atoms with van der Waals surface area (Å²) in [5, 5.41) is 3.36. The average Bonchev–Trinajstić information content (AvgIpc) is 2.30. The summed E-state index contributed by atoms with van der Waals surface area (Å²) in [5.74, 6) is 3.62. The van der Waals surface area contributed by atoms with Crippen molar-refractivity contribution in [2.24, 2.45) is 34.8 Å². The molecule has 0 saturated heterocycles. The van der Waals surface area contributed by atoms with Gasteiger partial charge in [0.05, 0.1) is 0 Å². The Kier molecular flexibility index (Phi) is 4.06. The van der Waals surface area contributed by atoms with Crippen molar-refractivity contribution in [2.75, 3.05) is 0 Å². The van der Waals surface area contributed by atoms with Crippen molar-refractivity contribution in [3.05, 3.63) is 0 Å². The van der Waals surface area contributed by atoms with Crippen LogP contribution in [-0.4, -0.2) is 18.0 Å². The second-order valence-corrected chi connectivity index (χ2v) is 9.25. The zero-order chi connectivity index (χ0) is 15.2. The lowest BCUT2D eigenvalue weighted by molar-refractivity contribution is -0.125. The summed E-state index contributed by atoms with van der Waals surface area (Å²) in [4.78, 5) is 12.3. The molecule has 21 heavy (non-hydrogen) atoms. The van der Waals surface area contributed by atoms with Gasteiger partial charge in [0.15, 0.2) is 0 Å². The smallest absolute Gasteiger partial charge is 0.221 e. The fourth-order valence-corrected chi connectivity index (χ4v) is 5.50. The van der Waals surface area contributed by atoms with Crippen molar-refractivity contribution in [3.63, 3.8) is 0 Å². The van der Waals surface area contributed by atoms with E-state index in [-0.39, 0.29) is 17.4 Å². The third-order valence-electron chi connectivity index (χ3n) is 5.88. The van der Waals surface area contributed by atoms with Gasteiger partial charge in [-0.1, -0.05) is 20.8 Å². The van der Waals surface area contributed by atoms with Crippen LogP contribution in [0.4, 0.5) is 0 Å². The molecule has 0 aromatic heterocycles. The number of amides is 1. The molecule has 3 N–H and O–H groups in total. The Bertz CT molecular complexity index is 371. The summed E-state index contributed by atoms with van der Waals surface area (Å²) >= 11 is 0. The molecular weight excluding hydrogens is 260 g/mol. The van der Waals surface area contributed by atoms with Crippen molar-refractivity contribution >= 4 is 5.91 Å². The molecule has 4 bridgehead atoms. The first-order valence-electron chi connectivity index (χ1n) is 8.85. The summed E-state index contributed by atoms with van der Waals surface area (Å²) in [7, 11) is 0. The van der Waals surface area contributed by atoms with E-state index in [1.54, 1.807) is 0 Å². The first-order valence-corrected chi connectivity index (χ1v) is 8.85. The zero-order valence-corrected chi connectivity index (χ0v) is 13.9. The Morgan fingerprint density at radius 2 is 1.62 bits per heavy atom. The van der Waals surface area contributed by atoms with Crippen molar-refractivity contribution in [1.29, 1.82) is 0 Å². The Morgan fingerprint density at radius 3 is 2.10 bits per heavy atom. The fraction of sp³-hybridized carbons (Fsp3) is 0.944. The molecule has 3 nitrogen and oxygen atoms in total. The van der Waals surface area contributed by atoms with E-state index >= 15 is 0 Å². The van der Waals surface area contributed by atoms with Crippen LogP contribution in [0.1, 0.15) is 65.7 Å². The molecule has 1 unspecified atom stereocenters. The lowest BCUT2D eigenvalue weighted by Crippen LogP contribution is -2.56.